The SMILES string of the molecule is O=Cc1conc1-c1cccc(Cl)c1Cl. The van der Waals surface area contributed by atoms with E-state index >= 15 is 0 Å². The van der Waals surface area contributed by atoms with Gasteiger partial charge in [-0.1, -0.05) is 40.5 Å². The van der Waals surface area contributed by atoms with Gasteiger partial charge in [0.2, 0.25) is 0 Å². The molecule has 0 N–H and O–H groups in total. The first kappa shape index (κ1) is 10.2. The lowest BCUT2D eigenvalue weighted by Gasteiger charge is -2.01. The van der Waals surface area contributed by atoms with Crippen LogP contribution in [0.2, 0.25) is 10.0 Å². The molecule has 0 bridgehead atoms. The van der Waals surface area contributed by atoms with Gasteiger partial charge in [-0.2, -0.15) is 0 Å². The zero-order valence-corrected chi connectivity index (χ0v) is 8.92. The molecule has 2 rings (SSSR count). The predicted octanol–water partition coefficient (Wildman–Crippen LogP) is 3.46. The van der Waals surface area contributed by atoms with E-state index in [0.29, 0.717) is 33.2 Å². The van der Waals surface area contributed by atoms with Crippen LogP contribution in [0.4, 0.5) is 0 Å². The fraction of sp³-hybridized carbons (Fsp3) is 0. The van der Waals surface area contributed by atoms with Crippen molar-refractivity contribution in [1.29, 1.82) is 0 Å². The van der Waals surface area contributed by atoms with Gasteiger partial charge in [0, 0.05) is 5.56 Å². The number of aldehydes is 1. The van der Waals surface area contributed by atoms with Crippen LogP contribution in [-0.2, 0) is 0 Å². The number of halogens is 2. The van der Waals surface area contributed by atoms with Crippen LogP contribution in [0.25, 0.3) is 11.3 Å². The van der Waals surface area contributed by atoms with Crippen molar-refractivity contribution in [3.05, 3.63) is 40.1 Å². The third kappa shape index (κ3) is 1.76. The third-order valence-corrected chi connectivity index (χ3v) is 2.75. The molecule has 0 amide bonds. The number of carbonyl (C=O) groups excluding carboxylic acids is 1. The summed E-state index contributed by atoms with van der Waals surface area (Å²) in [7, 11) is 0. The Labute approximate surface area is 95.6 Å². The molecule has 0 spiro atoms. The van der Waals surface area contributed by atoms with Crippen molar-refractivity contribution >= 4 is 29.5 Å². The molecular formula is C10H5Cl2NO2. The minimum atomic E-state index is 0.346. The quantitative estimate of drug-likeness (QED) is 0.757. The molecule has 0 aliphatic heterocycles. The summed E-state index contributed by atoms with van der Waals surface area (Å²) in [6.07, 6.45) is 1.92. The summed E-state index contributed by atoms with van der Waals surface area (Å²) in [4.78, 5) is 10.7. The number of rotatable bonds is 2. The van der Waals surface area contributed by atoms with E-state index in [-0.39, 0.29) is 0 Å². The van der Waals surface area contributed by atoms with Crippen molar-refractivity contribution in [2.24, 2.45) is 0 Å². The molecule has 1 aromatic heterocycles. The van der Waals surface area contributed by atoms with E-state index in [4.69, 9.17) is 27.7 Å². The molecule has 1 heterocycles. The van der Waals surface area contributed by atoms with E-state index in [1.165, 1.54) is 6.26 Å². The molecule has 5 heteroatoms. The zero-order valence-electron chi connectivity index (χ0n) is 7.41. The first-order chi connectivity index (χ1) is 7.24. The summed E-state index contributed by atoms with van der Waals surface area (Å²) in [5.41, 5.74) is 1.33. The fourth-order valence-electron chi connectivity index (χ4n) is 1.22. The van der Waals surface area contributed by atoms with Crippen molar-refractivity contribution in [3.63, 3.8) is 0 Å². The fourth-order valence-corrected chi connectivity index (χ4v) is 1.61. The summed E-state index contributed by atoms with van der Waals surface area (Å²) >= 11 is 11.8. The van der Waals surface area contributed by atoms with Gasteiger partial charge in [0.1, 0.15) is 12.0 Å². The topological polar surface area (TPSA) is 43.1 Å². The highest BCUT2D eigenvalue weighted by molar-refractivity contribution is 6.43. The highest BCUT2D eigenvalue weighted by Gasteiger charge is 2.14. The van der Waals surface area contributed by atoms with Crippen LogP contribution in [0.1, 0.15) is 10.4 Å². The smallest absolute Gasteiger partial charge is 0.155 e. The summed E-state index contributed by atoms with van der Waals surface area (Å²) in [6.45, 7) is 0. The van der Waals surface area contributed by atoms with E-state index in [0.717, 1.165) is 0 Å². The van der Waals surface area contributed by atoms with Crippen LogP contribution in [0, 0.1) is 0 Å². The molecular weight excluding hydrogens is 237 g/mol. The number of nitrogens with zero attached hydrogens (tertiary/aromatic N) is 1. The van der Waals surface area contributed by atoms with E-state index in [1.807, 2.05) is 0 Å². The molecule has 1 aromatic carbocycles. The Morgan fingerprint density at radius 2 is 2.13 bits per heavy atom. The molecule has 0 aliphatic rings. The Kier molecular flexibility index (Phi) is 2.75. The van der Waals surface area contributed by atoms with Gasteiger partial charge in [-0.3, -0.25) is 4.79 Å². The van der Waals surface area contributed by atoms with Crippen LogP contribution >= 0.6 is 23.2 Å². The normalized spacial score (nSPS) is 10.3. The Morgan fingerprint density at radius 1 is 1.33 bits per heavy atom. The minimum Gasteiger partial charge on any atom is -0.363 e. The van der Waals surface area contributed by atoms with Crippen LogP contribution in [0.3, 0.4) is 0 Å². The van der Waals surface area contributed by atoms with Gasteiger partial charge in [0.05, 0.1) is 15.6 Å². The molecule has 0 fully saturated rings. The second kappa shape index (κ2) is 4.04. The van der Waals surface area contributed by atoms with Crippen molar-refractivity contribution < 1.29 is 9.32 Å². The molecule has 0 aliphatic carbocycles. The van der Waals surface area contributed by atoms with E-state index in [9.17, 15) is 4.79 Å². The van der Waals surface area contributed by atoms with E-state index in [2.05, 4.69) is 5.16 Å². The Balaban J connectivity index is 2.64. The highest BCUT2D eigenvalue weighted by atomic mass is 35.5. The van der Waals surface area contributed by atoms with Gasteiger partial charge >= 0.3 is 0 Å². The number of hydrogen-bond donors (Lipinski definition) is 0. The Bertz CT molecular complexity index is 508. The number of benzene rings is 1. The average molecular weight is 242 g/mol. The lowest BCUT2D eigenvalue weighted by molar-refractivity contribution is 0.112. The number of hydrogen-bond acceptors (Lipinski definition) is 3. The molecule has 3 nitrogen and oxygen atoms in total. The molecule has 2 aromatic rings. The van der Waals surface area contributed by atoms with Crippen LogP contribution in [0.5, 0.6) is 0 Å². The number of aromatic nitrogens is 1. The third-order valence-electron chi connectivity index (χ3n) is 1.93. The van der Waals surface area contributed by atoms with Crippen molar-refractivity contribution in [2.45, 2.75) is 0 Å². The van der Waals surface area contributed by atoms with Crippen molar-refractivity contribution in [1.82, 2.24) is 5.16 Å². The second-order valence-corrected chi connectivity index (χ2v) is 3.62. The first-order valence-electron chi connectivity index (χ1n) is 4.08. The largest absolute Gasteiger partial charge is 0.363 e. The zero-order chi connectivity index (χ0) is 10.8. The predicted molar refractivity (Wildman–Crippen MR) is 57.3 cm³/mol. The van der Waals surface area contributed by atoms with Crippen molar-refractivity contribution in [2.75, 3.05) is 0 Å². The van der Waals surface area contributed by atoms with Gasteiger partial charge in [-0.05, 0) is 6.07 Å². The highest BCUT2D eigenvalue weighted by Crippen LogP contribution is 2.33. The van der Waals surface area contributed by atoms with Crippen molar-refractivity contribution in [3.8, 4) is 11.3 Å². The molecule has 0 saturated carbocycles. The van der Waals surface area contributed by atoms with Crippen LogP contribution in [-0.4, -0.2) is 11.4 Å². The van der Waals surface area contributed by atoms with Crippen LogP contribution in [0.15, 0.2) is 29.0 Å². The summed E-state index contributed by atoms with van der Waals surface area (Å²) in [5.74, 6) is 0. The van der Waals surface area contributed by atoms with Crippen LogP contribution < -0.4 is 0 Å². The monoisotopic (exact) mass is 241 g/mol. The second-order valence-electron chi connectivity index (χ2n) is 2.84. The Hall–Kier alpha value is -1.32. The molecule has 0 unspecified atom stereocenters. The maximum Gasteiger partial charge on any atom is 0.155 e. The van der Waals surface area contributed by atoms with Gasteiger partial charge in [0.15, 0.2) is 6.29 Å². The standard InChI is InChI=1S/C10H5Cl2NO2/c11-8-3-1-2-7(9(8)12)10-6(4-14)5-15-13-10/h1-5H. The van der Waals surface area contributed by atoms with Gasteiger partial charge in [-0.15, -0.1) is 0 Å². The first-order valence-corrected chi connectivity index (χ1v) is 4.83. The number of carbonyl (C=O) groups is 1. The van der Waals surface area contributed by atoms with E-state index < -0.39 is 0 Å². The summed E-state index contributed by atoms with van der Waals surface area (Å²) in [5, 5.41) is 4.48. The average Bonchev–Trinajstić information content (AvgIpc) is 2.70. The maximum absolute atomic E-state index is 10.7. The van der Waals surface area contributed by atoms with Gasteiger partial charge in [0.25, 0.3) is 0 Å². The summed E-state index contributed by atoms with van der Waals surface area (Å²) in [6, 6.07) is 5.11. The van der Waals surface area contributed by atoms with Gasteiger partial charge in [-0.25, -0.2) is 0 Å². The summed E-state index contributed by atoms with van der Waals surface area (Å²) < 4.78 is 4.70. The Morgan fingerprint density at radius 3 is 2.87 bits per heavy atom. The lowest BCUT2D eigenvalue weighted by atomic mass is 10.1. The molecule has 0 radical (unpaired) electrons. The molecule has 76 valence electrons. The molecule has 0 atom stereocenters. The lowest BCUT2D eigenvalue weighted by Crippen LogP contribution is -1.85. The maximum atomic E-state index is 10.7. The molecule has 15 heavy (non-hydrogen) atoms. The molecule has 0 saturated heterocycles. The minimum absolute atomic E-state index is 0.346. The van der Waals surface area contributed by atoms with E-state index in [1.54, 1.807) is 18.2 Å². The van der Waals surface area contributed by atoms with Gasteiger partial charge < -0.3 is 4.52 Å².